The van der Waals surface area contributed by atoms with Crippen LogP contribution >= 0.6 is 0 Å². The molecule has 4 fully saturated rings. The summed E-state index contributed by atoms with van der Waals surface area (Å²) >= 11 is 0. The number of carbonyl (C=O) groups is 2. The summed E-state index contributed by atoms with van der Waals surface area (Å²) in [6, 6.07) is 0. The lowest BCUT2D eigenvalue weighted by Gasteiger charge is -2.58. The number of aliphatic hydroxyl groups is 3. The number of allylic oxidation sites excluding steroid dienone is 2. The molecule has 4 aliphatic heterocycles. The maximum absolute atomic E-state index is 13.3. The Bertz CT molecular complexity index is 1160. The van der Waals surface area contributed by atoms with Crippen molar-refractivity contribution in [2.24, 2.45) is 10.8 Å². The maximum atomic E-state index is 13.3. The highest BCUT2D eigenvalue weighted by molar-refractivity contribution is 5.82. The van der Waals surface area contributed by atoms with Crippen LogP contribution in [0.2, 0.25) is 0 Å². The Kier molecular flexibility index (Phi) is 6.62. The van der Waals surface area contributed by atoms with Gasteiger partial charge in [-0.1, -0.05) is 31.2 Å². The van der Waals surface area contributed by atoms with Crippen LogP contribution in [0.1, 0.15) is 40.5 Å². The molecule has 2 bridgehead atoms. The van der Waals surface area contributed by atoms with Crippen molar-refractivity contribution in [3.05, 3.63) is 36.0 Å². The van der Waals surface area contributed by atoms with Gasteiger partial charge in [0.15, 0.2) is 6.10 Å². The molecule has 0 amide bonds. The third-order valence-corrected chi connectivity index (χ3v) is 10.3. The van der Waals surface area contributed by atoms with Crippen LogP contribution in [-0.4, -0.2) is 107 Å². The van der Waals surface area contributed by atoms with E-state index in [1.165, 1.54) is 12.2 Å². The zero-order valence-electron chi connectivity index (χ0n) is 23.1. The summed E-state index contributed by atoms with van der Waals surface area (Å²) in [5.41, 5.74) is -3.03. The number of epoxide rings is 2. The molecule has 40 heavy (non-hydrogen) atoms. The van der Waals surface area contributed by atoms with Crippen LogP contribution in [-0.2, 0) is 38.0 Å². The molecule has 0 radical (unpaired) electrons. The fourth-order valence-corrected chi connectivity index (χ4v) is 7.38. The van der Waals surface area contributed by atoms with Gasteiger partial charge < -0.3 is 43.7 Å². The quantitative estimate of drug-likeness (QED) is 0.232. The molecule has 11 heteroatoms. The van der Waals surface area contributed by atoms with Crippen molar-refractivity contribution in [1.82, 2.24) is 0 Å². The molecule has 220 valence electrons. The molecule has 0 aromatic rings. The van der Waals surface area contributed by atoms with Crippen molar-refractivity contribution in [1.29, 1.82) is 0 Å². The second-order valence-electron chi connectivity index (χ2n) is 12.5. The Labute approximate surface area is 232 Å². The summed E-state index contributed by atoms with van der Waals surface area (Å²) in [4.78, 5) is 26.3. The number of ether oxygens (including phenoxy) is 6. The molecule has 6 aliphatic rings. The van der Waals surface area contributed by atoms with E-state index in [4.69, 9.17) is 28.4 Å². The van der Waals surface area contributed by atoms with E-state index in [2.05, 4.69) is 0 Å². The molecular weight excluding hydrogens is 524 g/mol. The fraction of sp³-hybridized carbons (Fsp3) is 0.724. The minimum atomic E-state index is -1.22. The van der Waals surface area contributed by atoms with Crippen LogP contribution in [0.15, 0.2) is 36.0 Å². The number of fused-ring (bicyclic) bond motifs is 1. The first-order chi connectivity index (χ1) is 18.9. The van der Waals surface area contributed by atoms with E-state index in [9.17, 15) is 24.9 Å². The van der Waals surface area contributed by atoms with Crippen LogP contribution in [0.5, 0.6) is 0 Å². The Morgan fingerprint density at radius 1 is 1.10 bits per heavy atom. The van der Waals surface area contributed by atoms with Gasteiger partial charge in [0, 0.05) is 17.9 Å². The number of esters is 2. The minimum Gasteiger partial charge on any atom is -0.463 e. The van der Waals surface area contributed by atoms with E-state index in [1.54, 1.807) is 26.0 Å². The first kappa shape index (κ1) is 28.0. The third kappa shape index (κ3) is 3.97. The second kappa shape index (κ2) is 9.45. The Morgan fingerprint density at radius 2 is 1.85 bits per heavy atom. The maximum Gasteiger partial charge on any atom is 0.338 e. The molecule has 6 rings (SSSR count). The van der Waals surface area contributed by atoms with Crippen molar-refractivity contribution in [3.63, 3.8) is 0 Å². The van der Waals surface area contributed by atoms with E-state index < -0.39 is 76.7 Å². The second-order valence-corrected chi connectivity index (χ2v) is 12.5. The van der Waals surface area contributed by atoms with Gasteiger partial charge in [0.25, 0.3) is 0 Å². The van der Waals surface area contributed by atoms with Gasteiger partial charge in [0.05, 0.1) is 43.0 Å². The molecule has 3 saturated heterocycles. The molecule has 1 saturated carbocycles. The van der Waals surface area contributed by atoms with Gasteiger partial charge >= 0.3 is 11.9 Å². The minimum absolute atomic E-state index is 0.134. The summed E-state index contributed by atoms with van der Waals surface area (Å²) in [6.45, 7) is 7.03. The van der Waals surface area contributed by atoms with Gasteiger partial charge in [0.1, 0.15) is 36.1 Å². The van der Waals surface area contributed by atoms with Crippen molar-refractivity contribution in [3.8, 4) is 0 Å². The highest BCUT2D eigenvalue weighted by atomic mass is 16.7. The summed E-state index contributed by atoms with van der Waals surface area (Å²) in [5, 5.41) is 31.9. The average Bonchev–Trinajstić information content (AvgIpc) is 3.81. The van der Waals surface area contributed by atoms with Crippen LogP contribution < -0.4 is 0 Å². The normalized spacial score (nSPS) is 51.8. The molecule has 12 atom stereocenters. The van der Waals surface area contributed by atoms with Crippen LogP contribution in [0.3, 0.4) is 0 Å². The summed E-state index contributed by atoms with van der Waals surface area (Å²) in [6.07, 6.45) is 2.24. The molecule has 2 aliphatic carbocycles. The zero-order chi connectivity index (χ0) is 28.7. The van der Waals surface area contributed by atoms with Gasteiger partial charge in [-0.05, 0) is 32.8 Å². The van der Waals surface area contributed by atoms with Gasteiger partial charge in [-0.25, -0.2) is 9.59 Å². The smallest absolute Gasteiger partial charge is 0.338 e. The molecule has 0 aromatic carbocycles. The van der Waals surface area contributed by atoms with E-state index in [1.807, 2.05) is 19.9 Å². The van der Waals surface area contributed by atoms with E-state index in [0.717, 1.165) is 5.57 Å². The largest absolute Gasteiger partial charge is 0.463 e. The lowest BCUT2D eigenvalue weighted by molar-refractivity contribution is -0.239. The van der Waals surface area contributed by atoms with E-state index in [-0.39, 0.29) is 25.7 Å². The van der Waals surface area contributed by atoms with Crippen LogP contribution in [0.4, 0.5) is 0 Å². The SMILES string of the molecule is CC1=C[C@@H]2O[C@@H]3C[C@@H]4OC(=O)/C=C/C=C[C@@H]([C@@H](C)O)OC[C@@H](O)C5(C)O[C@@H]5C(=O)OCC2(C[C@@H]1O)[C@@]4(C)C31CO1. The molecule has 4 heterocycles. The van der Waals surface area contributed by atoms with E-state index in [0.29, 0.717) is 13.0 Å². The number of hydrogen-bond donors (Lipinski definition) is 3. The standard InChI is InChI=1S/C29H38O11/c1-15-9-21-28(11-17(15)31)13-36-25(34)24-26(3,40-24)19(32)12-35-18(16(2)30)7-5-6-8-23(33)39-20-10-22(38-21)29(14-37-29)27(20,28)4/h5-9,16-22,24,30-32H,10-14H2,1-4H3/b7-5?,8-6+/t16-,17+,18+,19-,20+,21+,22-,24-,26?,27+,28?,29?/m1/s1. The van der Waals surface area contributed by atoms with E-state index >= 15 is 0 Å². The molecule has 3 unspecified atom stereocenters. The number of hydrogen-bond acceptors (Lipinski definition) is 11. The average molecular weight is 563 g/mol. The fourth-order valence-electron chi connectivity index (χ4n) is 7.38. The lowest BCUT2D eigenvalue weighted by atomic mass is 9.51. The molecule has 0 aromatic heterocycles. The molecule has 2 spiro atoms. The topological polar surface area (TPSA) is 157 Å². The Hall–Kier alpha value is -2.12. The van der Waals surface area contributed by atoms with Gasteiger partial charge in [-0.15, -0.1) is 0 Å². The van der Waals surface area contributed by atoms with Crippen molar-refractivity contribution in [2.45, 2.75) is 101 Å². The predicted octanol–water partition coefficient (Wildman–Crippen LogP) is 0.496. The van der Waals surface area contributed by atoms with Crippen molar-refractivity contribution in [2.75, 3.05) is 19.8 Å². The number of aliphatic hydroxyl groups excluding tert-OH is 3. The number of cyclic esters (lactones) is 1. The number of carbonyl (C=O) groups excluding carboxylic acids is 2. The van der Waals surface area contributed by atoms with Gasteiger partial charge in [-0.2, -0.15) is 0 Å². The molecule has 3 N–H and O–H groups in total. The Morgan fingerprint density at radius 3 is 2.55 bits per heavy atom. The summed E-state index contributed by atoms with van der Waals surface area (Å²) < 4.78 is 35.9. The Balaban J connectivity index is 1.38. The first-order valence-electron chi connectivity index (χ1n) is 13.9. The van der Waals surface area contributed by atoms with Crippen molar-refractivity contribution >= 4 is 11.9 Å². The lowest BCUT2D eigenvalue weighted by Crippen LogP contribution is -2.68. The van der Waals surface area contributed by atoms with Crippen LogP contribution in [0.25, 0.3) is 0 Å². The van der Waals surface area contributed by atoms with Crippen molar-refractivity contribution < 1.29 is 53.3 Å². The highest BCUT2D eigenvalue weighted by Gasteiger charge is 2.83. The summed E-state index contributed by atoms with van der Waals surface area (Å²) in [5.74, 6) is -1.23. The van der Waals surface area contributed by atoms with Gasteiger partial charge in [-0.3, -0.25) is 0 Å². The number of rotatable bonds is 1. The predicted molar refractivity (Wildman–Crippen MR) is 137 cm³/mol. The van der Waals surface area contributed by atoms with Crippen LogP contribution in [0, 0.1) is 10.8 Å². The molecular formula is C29H38O11. The first-order valence-corrected chi connectivity index (χ1v) is 13.9. The highest BCUT2D eigenvalue weighted by Crippen LogP contribution is 2.72. The molecule has 11 nitrogen and oxygen atoms in total. The zero-order valence-corrected chi connectivity index (χ0v) is 23.1. The summed E-state index contributed by atoms with van der Waals surface area (Å²) in [7, 11) is 0. The third-order valence-electron chi connectivity index (χ3n) is 10.3. The van der Waals surface area contributed by atoms with Gasteiger partial charge in [0.2, 0.25) is 0 Å². The monoisotopic (exact) mass is 562 g/mol.